The highest BCUT2D eigenvalue weighted by Gasteiger charge is 2.34. The molecule has 6 nitrogen and oxygen atoms in total. The molecule has 0 aromatic heterocycles. The van der Waals surface area contributed by atoms with E-state index in [0.717, 1.165) is 17.5 Å². The van der Waals surface area contributed by atoms with Crippen LogP contribution in [0.3, 0.4) is 0 Å². The number of hydrogen-bond acceptors (Lipinski definition) is 5. The minimum atomic E-state index is -0.593. The second kappa shape index (κ2) is 11.8. The van der Waals surface area contributed by atoms with Crippen molar-refractivity contribution in [2.75, 3.05) is 11.5 Å². The zero-order valence-electron chi connectivity index (χ0n) is 20.2. The summed E-state index contributed by atoms with van der Waals surface area (Å²) < 4.78 is 11.7. The first-order valence-electron chi connectivity index (χ1n) is 11.6. The number of amides is 2. The van der Waals surface area contributed by atoms with E-state index in [0.29, 0.717) is 34.4 Å². The average molecular weight is 555 g/mol. The van der Waals surface area contributed by atoms with Gasteiger partial charge in [0.05, 0.1) is 17.3 Å². The number of ether oxygens (including phenoxy) is 2. The molecule has 190 valence electrons. The largest absolute Gasteiger partial charge is 0.490 e. The number of nitrogens with zero attached hydrogens (tertiary/aromatic N) is 1. The lowest BCUT2D eigenvalue weighted by atomic mass is 10.1. The fraction of sp³-hybridized carbons (Fsp3) is 0.179. The van der Waals surface area contributed by atoms with Gasteiger partial charge in [0.2, 0.25) is 0 Å². The number of carbonyl (C=O) groups excluding carboxylic acids is 2. The summed E-state index contributed by atoms with van der Waals surface area (Å²) in [6.07, 6.45) is 2.32. The summed E-state index contributed by atoms with van der Waals surface area (Å²) in [5.41, 5.74) is 2.88. The Bertz CT molecular complexity index is 1390. The molecule has 0 aliphatic carbocycles. The zero-order chi connectivity index (χ0) is 26.5. The van der Waals surface area contributed by atoms with E-state index < -0.39 is 11.8 Å². The van der Waals surface area contributed by atoms with Crippen molar-refractivity contribution in [3.8, 4) is 11.5 Å². The molecule has 0 atom stereocenters. The van der Waals surface area contributed by atoms with E-state index >= 15 is 0 Å². The molecule has 1 aliphatic heterocycles. The molecule has 1 saturated heterocycles. The molecule has 1 heterocycles. The van der Waals surface area contributed by atoms with Gasteiger partial charge in [0, 0.05) is 10.6 Å². The van der Waals surface area contributed by atoms with Crippen LogP contribution in [-0.2, 0) is 22.6 Å². The molecule has 3 aromatic carbocycles. The van der Waals surface area contributed by atoms with Crippen molar-refractivity contribution in [1.29, 1.82) is 0 Å². The molecule has 1 fully saturated rings. The average Bonchev–Trinajstić information content (AvgIpc) is 2.87. The summed E-state index contributed by atoms with van der Waals surface area (Å²) in [7, 11) is 0. The van der Waals surface area contributed by atoms with Gasteiger partial charge in [0.15, 0.2) is 16.6 Å². The normalized spacial score (nSPS) is 14.6. The first-order valence-corrected chi connectivity index (χ1v) is 12.8. The summed E-state index contributed by atoms with van der Waals surface area (Å²) in [5, 5.41) is 3.45. The Morgan fingerprint density at radius 2 is 1.70 bits per heavy atom. The van der Waals surface area contributed by atoms with Crippen LogP contribution < -0.4 is 19.7 Å². The molecule has 0 saturated carbocycles. The van der Waals surface area contributed by atoms with Gasteiger partial charge < -0.3 is 9.47 Å². The predicted molar refractivity (Wildman–Crippen MR) is 150 cm³/mol. The summed E-state index contributed by atoms with van der Waals surface area (Å²) in [5.74, 6) is -0.417. The van der Waals surface area contributed by atoms with Gasteiger partial charge in [-0.15, -0.1) is 0 Å². The maximum absolute atomic E-state index is 13.4. The lowest BCUT2D eigenvalue weighted by molar-refractivity contribution is -0.122. The first kappa shape index (κ1) is 26.7. The van der Waals surface area contributed by atoms with Gasteiger partial charge >= 0.3 is 0 Å². The van der Waals surface area contributed by atoms with Gasteiger partial charge in [-0.05, 0) is 73.1 Å². The lowest BCUT2D eigenvalue weighted by Gasteiger charge is -2.29. The highest BCUT2D eigenvalue weighted by molar-refractivity contribution is 7.80. The predicted octanol–water partition coefficient (Wildman–Crippen LogP) is 6.36. The van der Waals surface area contributed by atoms with Crippen molar-refractivity contribution in [2.45, 2.75) is 26.9 Å². The van der Waals surface area contributed by atoms with E-state index in [1.54, 1.807) is 30.3 Å². The Morgan fingerprint density at radius 1 is 0.973 bits per heavy atom. The van der Waals surface area contributed by atoms with E-state index in [-0.39, 0.29) is 22.3 Å². The molecule has 9 heteroatoms. The van der Waals surface area contributed by atoms with Gasteiger partial charge in [-0.25, -0.2) is 0 Å². The van der Waals surface area contributed by atoms with E-state index in [4.69, 9.17) is 44.9 Å². The Balaban J connectivity index is 1.65. The molecule has 2 amide bonds. The topological polar surface area (TPSA) is 67.9 Å². The number of benzene rings is 3. The highest BCUT2D eigenvalue weighted by atomic mass is 35.5. The first-order chi connectivity index (χ1) is 17.8. The number of carbonyl (C=O) groups is 2. The second-order valence-electron chi connectivity index (χ2n) is 8.12. The third-order valence-electron chi connectivity index (χ3n) is 5.68. The van der Waals surface area contributed by atoms with Crippen LogP contribution in [0.25, 0.3) is 6.08 Å². The van der Waals surface area contributed by atoms with Gasteiger partial charge in [0.25, 0.3) is 11.8 Å². The summed E-state index contributed by atoms with van der Waals surface area (Å²) in [6, 6.07) is 18.0. The van der Waals surface area contributed by atoms with Gasteiger partial charge in [0.1, 0.15) is 12.2 Å². The molecule has 0 spiro atoms. The van der Waals surface area contributed by atoms with Crippen molar-refractivity contribution in [3.63, 3.8) is 0 Å². The van der Waals surface area contributed by atoms with Crippen LogP contribution in [0.5, 0.6) is 11.5 Å². The summed E-state index contributed by atoms with van der Waals surface area (Å²) in [4.78, 5) is 27.4. The molecule has 0 bridgehead atoms. The van der Waals surface area contributed by atoms with Crippen LogP contribution in [0.4, 0.5) is 5.69 Å². The maximum Gasteiger partial charge on any atom is 0.270 e. The molecule has 4 rings (SSSR count). The Kier molecular flexibility index (Phi) is 8.48. The third-order valence-corrected chi connectivity index (χ3v) is 6.61. The number of thiocarbonyl (C=S) groups is 1. The summed E-state index contributed by atoms with van der Waals surface area (Å²) >= 11 is 18.1. The number of aryl methyl sites for hydroxylation is 1. The van der Waals surface area contributed by atoms with Crippen molar-refractivity contribution in [1.82, 2.24) is 5.32 Å². The lowest BCUT2D eigenvalue weighted by Crippen LogP contribution is -2.54. The van der Waals surface area contributed by atoms with Gasteiger partial charge in [-0.3, -0.25) is 19.8 Å². The van der Waals surface area contributed by atoms with E-state index in [9.17, 15) is 9.59 Å². The highest BCUT2D eigenvalue weighted by Crippen LogP contribution is 2.38. The fourth-order valence-corrected chi connectivity index (χ4v) is 4.52. The summed E-state index contributed by atoms with van der Waals surface area (Å²) in [6.45, 7) is 4.41. The zero-order valence-corrected chi connectivity index (χ0v) is 22.5. The molecule has 1 aliphatic rings. The number of nitrogens with one attached hydrogen (secondary N) is 1. The van der Waals surface area contributed by atoms with Gasteiger partial charge in [-0.2, -0.15) is 0 Å². The van der Waals surface area contributed by atoms with Crippen molar-refractivity contribution in [3.05, 3.63) is 93.0 Å². The van der Waals surface area contributed by atoms with Crippen LogP contribution in [0.15, 0.2) is 66.2 Å². The van der Waals surface area contributed by atoms with Gasteiger partial charge in [-0.1, -0.05) is 60.5 Å². The smallest absolute Gasteiger partial charge is 0.270 e. The fourth-order valence-electron chi connectivity index (χ4n) is 3.78. The number of rotatable bonds is 8. The van der Waals surface area contributed by atoms with Crippen LogP contribution in [0.2, 0.25) is 10.0 Å². The van der Waals surface area contributed by atoms with Crippen molar-refractivity contribution >= 4 is 64.1 Å². The number of halogens is 2. The van der Waals surface area contributed by atoms with Crippen molar-refractivity contribution < 1.29 is 19.1 Å². The molecule has 0 radical (unpaired) electrons. The molecule has 1 N–H and O–H groups in total. The quantitative estimate of drug-likeness (QED) is 0.199. The molecule has 0 unspecified atom stereocenters. The Labute approximate surface area is 230 Å². The number of anilines is 1. The second-order valence-corrected chi connectivity index (χ2v) is 9.32. The minimum Gasteiger partial charge on any atom is -0.490 e. The number of hydrogen-bond donors (Lipinski definition) is 1. The monoisotopic (exact) mass is 554 g/mol. The van der Waals surface area contributed by atoms with Crippen LogP contribution >= 0.6 is 35.4 Å². The Morgan fingerprint density at radius 3 is 2.38 bits per heavy atom. The van der Waals surface area contributed by atoms with Crippen LogP contribution in [0.1, 0.15) is 30.5 Å². The van der Waals surface area contributed by atoms with E-state index in [1.165, 1.54) is 11.0 Å². The maximum atomic E-state index is 13.4. The van der Waals surface area contributed by atoms with Crippen molar-refractivity contribution in [2.24, 2.45) is 0 Å². The minimum absolute atomic E-state index is 0.0211. The molecule has 3 aromatic rings. The standard InChI is InChI=1S/C28H24Cl2N2O4S/c1-3-17-9-11-20(12-10-17)32-27(34)21(26(33)31-28(32)37)13-18-14-23(30)25(24(15-18)35-4-2)36-16-19-7-5-6-8-22(19)29/h5-15H,3-4,16H2,1-2H3,(H,31,33,37)/b21-13+. The van der Waals surface area contributed by atoms with E-state index in [2.05, 4.69) is 5.32 Å². The Hall–Kier alpha value is -3.39. The molecular weight excluding hydrogens is 531 g/mol. The van der Waals surface area contributed by atoms with E-state index in [1.807, 2.05) is 44.2 Å². The van der Waals surface area contributed by atoms with Crippen LogP contribution in [0, 0.1) is 0 Å². The van der Waals surface area contributed by atoms with Crippen LogP contribution in [-0.4, -0.2) is 23.5 Å². The third kappa shape index (κ3) is 5.96. The SMILES string of the molecule is CCOc1cc(/C=C2\C(=O)NC(=S)N(c3ccc(CC)cc3)C2=O)cc(Cl)c1OCc1ccccc1Cl. The molecule has 37 heavy (non-hydrogen) atoms. The molecular formula is C28H24Cl2N2O4S.